The van der Waals surface area contributed by atoms with Crippen LogP contribution in [0, 0.1) is 5.92 Å². The molecule has 3 rings (SSSR count). The average Bonchev–Trinajstić information content (AvgIpc) is 2.76. The molecular weight excluding hydrogens is 453 g/mol. The van der Waals surface area contributed by atoms with Crippen LogP contribution in [0.15, 0.2) is 59.5 Å². The summed E-state index contributed by atoms with van der Waals surface area (Å²) in [5.74, 6) is 0.445. The van der Waals surface area contributed by atoms with E-state index >= 15 is 0 Å². The fraction of sp³-hybridized carbons (Fsp3) is 0.304. The highest BCUT2D eigenvalue weighted by atomic mass is 32.2. The first-order valence-corrected chi connectivity index (χ1v) is 11.4. The van der Waals surface area contributed by atoms with Gasteiger partial charge in [-0.15, -0.1) is 24.9 Å². The molecule has 0 spiro atoms. The van der Waals surface area contributed by atoms with E-state index in [0.717, 1.165) is 10.6 Å². The molecule has 0 unspecified atom stereocenters. The van der Waals surface area contributed by atoms with Crippen molar-refractivity contribution >= 4 is 29.2 Å². The maximum atomic E-state index is 12.7. The van der Waals surface area contributed by atoms with Crippen molar-refractivity contribution in [3.63, 3.8) is 0 Å². The molecule has 1 aromatic heterocycles. The lowest BCUT2D eigenvalue weighted by molar-refractivity contribution is -0.274. The summed E-state index contributed by atoms with van der Waals surface area (Å²) in [5.41, 5.74) is 1.62. The molecule has 1 heterocycles. The summed E-state index contributed by atoms with van der Waals surface area (Å²) in [6.07, 6.45) is -2.82. The van der Waals surface area contributed by atoms with Crippen LogP contribution in [-0.4, -0.2) is 40.3 Å². The predicted molar refractivity (Wildman–Crippen MR) is 125 cm³/mol. The fourth-order valence-electron chi connectivity index (χ4n) is 3.01. The van der Waals surface area contributed by atoms with Crippen molar-refractivity contribution in [1.29, 1.82) is 0 Å². The SMILES string of the molecule is CSc1cccc(Nc2cc(-c3cccc(OC(F)(F)F)c3)nc(N[C@@H](CO)C(C)C)n2)c1. The lowest BCUT2D eigenvalue weighted by Crippen LogP contribution is -2.30. The van der Waals surface area contributed by atoms with Crippen LogP contribution in [0.25, 0.3) is 11.3 Å². The van der Waals surface area contributed by atoms with Gasteiger partial charge in [-0.1, -0.05) is 32.0 Å². The van der Waals surface area contributed by atoms with Gasteiger partial charge in [-0.3, -0.25) is 0 Å². The standard InChI is InChI=1S/C23H25F3N4O2S/c1-14(2)20(13-31)29-22-28-19(15-6-4-8-17(10-15)32-23(24,25)26)12-21(30-22)27-16-7-5-9-18(11-16)33-3/h4-12,14,20,31H,13H2,1-3H3,(H2,27,28,29,30)/t20-/m0/s1. The van der Waals surface area contributed by atoms with Crippen LogP contribution in [-0.2, 0) is 0 Å². The normalized spacial score (nSPS) is 12.5. The first-order chi connectivity index (χ1) is 15.7. The van der Waals surface area contributed by atoms with Gasteiger partial charge in [-0.05, 0) is 42.5 Å². The molecule has 0 bridgehead atoms. The van der Waals surface area contributed by atoms with E-state index in [0.29, 0.717) is 17.1 Å². The summed E-state index contributed by atoms with van der Waals surface area (Å²) in [5, 5.41) is 16.0. The number of ether oxygens (including phenoxy) is 1. The Labute approximate surface area is 194 Å². The molecule has 1 atom stereocenters. The number of aromatic nitrogens is 2. The molecule has 0 aliphatic heterocycles. The van der Waals surface area contributed by atoms with Gasteiger partial charge < -0.3 is 20.5 Å². The number of rotatable bonds is 9. The van der Waals surface area contributed by atoms with E-state index in [-0.39, 0.29) is 30.3 Å². The highest BCUT2D eigenvalue weighted by Crippen LogP contribution is 2.30. The van der Waals surface area contributed by atoms with Crippen LogP contribution >= 0.6 is 11.8 Å². The number of aliphatic hydroxyl groups is 1. The summed E-state index contributed by atoms with van der Waals surface area (Å²) in [6, 6.07) is 14.7. The zero-order chi connectivity index (χ0) is 24.0. The van der Waals surface area contributed by atoms with E-state index in [2.05, 4.69) is 25.3 Å². The Morgan fingerprint density at radius 2 is 1.82 bits per heavy atom. The van der Waals surface area contributed by atoms with Gasteiger partial charge in [0.1, 0.15) is 11.6 Å². The van der Waals surface area contributed by atoms with Gasteiger partial charge in [-0.2, -0.15) is 4.98 Å². The molecule has 2 aromatic carbocycles. The quantitative estimate of drug-likeness (QED) is 0.329. The summed E-state index contributed by atoms with van der Waals surface area (Å²) in [7, 11) is 0. The van der Waals surface area contributed by atoms with Crippen LogP contribution in [0.4, 0.5) is 30.6 Å². The van der Waals surface area contributed by atoms with Crippen molar-refractivity contribution in [2.24, 2.45) is 5.92 Å². The number of alkyl halides is 3. The average molecular weight is 479 g/mol. The number of thioether (sulfide) groups is 1. The van der Waals surface area contributed by atoms with E-state index in [1.807, 2.05) is 44.4 Å². The zero-order valence-corrected chi connectivity index (χ0v) is 19.2. The first-order valence-electron chi connectivity index (χ1n) is 10.2. The molecule has 0 saturated heterocycles. The smallest absolute Gasteiger partial charge is 0.406 e. The van der Waals surface area contributed by atoms with E-state index in [1.165, 1.54) is 18.2 Å². The number of hydrogen-bond acceptors (Lipinski definition) is 7. The third kappa shape index (κ3) is 7.26. The number of nitrogens with one attached hydrogen (secondary N) is 2. The molecule has 0 saturated carbocycles. The van der Waals surface area contributed by atoms with Gasteiger partial charge in [0.15, 0.2) is 0 Å². The second-order valence-corrected chi connectivity index (χ2v) is 8.45. The topological polar surface area (TPSA) is 79.3 Å². The minimum absolute atomic E-state index is 0.0976. The maximum Gasteiger partial charge on any atom is 0.573 e. The monoisotopic (exact) mass is 478 g/mol. The third-order valence-corrected chi connectivity index (χ3v) is 5.47. The van der Waals surface area contributed by atoms with E-state index in [4.69, 9.17) is 0 Å². The lowest BCUT2D eigenvalue weighted by atomic mass is 10.1. The third-order valence-electron chi connectivity index (χ3n) is 4.75. The van der Waals surface area contributed by atoms with Crippen molar-refractivity contribution in [3.05, 3.63) is 54.6 Å². The van der Waals surface area contributed by atoms with Crippen LogP contribution in [0.1, 0.15) is 13.8 Å². The van der Waals surface area contributed by atoms with Crippen LogP contribution < -0.4 is 15.4 Å². The molecule has 3 aromatic rings. The Kier molecular flexibility index (Phi) is 8.04. The molecule has 176 valence electrons. The van der Waals surface area contributed by atoms with Gasteiger partial charge >= 0.3 is 6.36 Å². The minimum Gasteiger partial charge on any atom is -0.406 e. The van der Waals surface area contributed by atoms with Crippen LogP contribution in [0.2, 0.25) is 0 Å². The van der Waals surface area contributed by atoms with Crippen molar-refractivity contribution in [3.8, 4) is 17.0 Å². The number of hydrogen-bond donors (Lipinski definition) is 3. The van der Waals surface area contributed by atoms with Gasteiger partial charge in [0, 0.05) is 22.2 Å². The van der Waals surface area contributed by atoms with Gasteiger partial charge in [0.25, 0.3) is 0 Å². The summed E-state index contributed by atoms with van der Waals surface area (Å²) in [6.45, 7) is 3.77. The van der Waals surface area contributed by atoms with Gasteiger partial charge in [0.05, 0.1) is 18.3 Å². The Morgan fingerprint density at radius 1 is 1.06 bits per heavy atom. The molecule has 33 heavy (non-hydrogen) atoms. The number of halogens is 3. The summed E-state index contributed by atoms with van der Waals surface area (Å²) in [4.78, 5) is 10.0. The van der Waals surface area contributed by atoms with Crippen LogP contribution in [0.5, 0.6) is 5.75 Å². The molecule has 0 fully saturated rings. The highest BCUT2D eigenvalue weighted by Gasteiger charge is 2.31. The second kappa shape index (κ2) is 10.8. The molecule has 0 aliphatic rings. The lowest BCUT2D eigenvalue weighted by Gasteiger charge is -2.21. The molecule has 0 amide bonds. The molecule has 0 aliphatic carbocycles. The van der Waals surface area contributed by atoms with E-state index < -0.39 is 6.36 Å². The molecule has 0 radical (unpaired) electrons. The number of benzene rings is 2. The first kappa shape index (κ1) is 24.7. The summed E-state index contributed by atoms with van der Waals surface area (Å²) < 4.78 is 42.1. The highest BCUT2D eigenvalue weighted by molar-refractivity contribution is 7.98. The molecular formula is C23H25F3N4O2S. The molecule has 6 nitrogen and oxygen atoms in total. The van der Waals surface area contributed by atoms with Gasteiger partial charge in [-0.25, -0.2) is 4.98 Å². The van der Waals surface area contributed by atoms with Gasteiger partial charge in [0.2, 0.25) is 5.95 Å². The van der Waals surface area contributed by atoms with E-state index in [1.54, 1.807) is 23.9 Å². The second-order valence-electron chi connectivity index (χ2n) is 7.57. The number of nitrogens with zero attached hydrogens (tertiary/aromatic N) is 2. The Bertz CT molecular complexity index is 1080. The summed E-state index contributed by atoms with van der Waals surface area (Å²) >= 11 is 1.60. The molecule has 10 heteroatoms. The number of aliphatic hydroxyl groups excluding tert-OH is 1. The number of anilines is 3. The van der Waals surface area contributed by atoms with Crippen LogP contribution in [0.3, 0.4) is 0 Å². The Hall–Kier alpha value is -2.98. The fourth-order valence-corrected chi connectivity index (χ4v) is 3.47. The maximum absolute atomic E-state index is 12.7. The zero-order valence-electron chi connectivity index (χ0n) is 18.3. The molecule has 3 N–H and O–H groups in total. The minimum atomic E-state index is -4.79. The van der Waals surface area contributed by atoms with Crippen molar-refractivity contribution < 1.29 is 23.0 Å². The van der Waals surface area contributed by atoms with Crippen molar-refractivity contribution in [2.45, 2.75) is 31.1 Å². The Morgan fingerprint density at radius 3 is 2.48 bits per heavy atom. The van der Waals surface area contributed by atoms with E-state index in [9.17, 15) is 18.3 Å². The van der Waals surface area contributed by atoms with Crippen molar-refractivity contribution in [2.75, 3.05) is 23.5 Å². The largest absolute Gasteiger partial charge is 0.573 e. The Balaban J connectivity index is 2.00. The van der Waals surface area contributed by atoms with Crippen molar-refractivity contribution in [1.82, 2.24) is 9.97 Å². The predicted octanol–water partition coefficient (Wildman–Crippen LogP) is 5.94.